The van der Waals surface area contributed by atoms with Crippen LogP contribution in [0.2, 0.25) is 0 Å². The third-order valence-electron chi connectivity index (χ3n) is 7.42. The topological polar surface area (TPSA) is 51.5 Å². The Morgan fingerprint density at radius 2 is 1.10 bits per heavy atom. The van der Waals surface area contributed by atoms with Gasteiger partial charge >= 0.3 is 0 Å². The number of benzene rings is 3. The van der Waals surface area contributed by atoms with E-state index in [4.69, 9.17) is 19.5 Å². The minimum absolute atomic E-state index is 0.176. The molecule has 0 amide bonds. The number of rotatable bonds is 22. The van der Waals surface area contributed by atoms with E-state index in [0.29, 0.717) is 25.4 Å². The van der Waals surface area contributed by atoms with Gasteiger partial charge in [-0.05, 0) is 41.8 Å². The molecular formula is C37H49NO3. The smallest absolute Gasteiger partial charge is 0.119 e. The second kappa shape index (κ2) is 20.7. The van der Waals surface area contributed by atoms with Gasteiger partial charge in [-0.15, -0.1) is 0 Å². The Labute approximate surface area is 248 Å². The van der Waals surface area contributed by atoms with Crippen LogP contribution < -0.4 is 4.74 Å². The highest BCUT2D eigenvalue weighted by molar-refractivity contribution is 5.34. The van der Waals surface area contributed by atoms with Crippen LogP contribution in [0.4, 0.5) is 0 Å². The molecular weight excluding hydrogens is 506 g/mol. The van der Waals surface area contributed by atoms with Crippen molar-refractivity contribution in [2.45, 2.75) is 96.2 Å². The summed E-state index contributed by atoms with van der Waals surface area (Å²) in [6.07, 6.45) is 15.5. The van der Waals surface area contributed by atoms with Gasteiger partial charge in [-0.25, -0.2) is 0 Å². The molecule has 4 heteroatoms. The maximum atomic E-state index is 9.08. The normalized spacial score (nSPS) is 11.8. The van der Waals surface area contributed by atoms with Gasteiger partial charge in [0.2, 0.25) is 0 Å². The van der Waals surface area contributed by atoms with Gasteiger partial charge in [-0.2, -0.15) is 5.26 Å². The Bertz CT molecular complexity index is 1040. The van der Waals surface area contributed by atoms with E-state index in [-0.39, 0.29) is 12.2 Å². The fourth-order valence-electron chi connectivity index (χ4n) is 5.00. The highest BCUT2D eigenvalue weighted by Crippen LogP contribution is 2.26. The molecule has 220 valence electrons. The summed E-state index contributed by atoms with van der Waals surface area (Å²) in [5.41, 5.74) is 2.85. The Kier molecular flexibility index (Phi) is 16.4. The summed E-state index contributed by atoms with van der Waals surface area (Å²) in [6.45, 7) is 3.78. The zero-order chi connectivity index (χ0) is 28.8. The molecule has 1 unspecified atom stereocenters. The lowest BCUT2D eigenvalue weighted by molar-refractivity contribution is -0.0533. The van der Waals surface area contributed by atoms with E-state index in [0.717, 1.165) is 23.3 Å². The summed E-state index contributed by atoms with van der Waals surface area (Å²) in [5.74, 6) is 0.727. The average molecular weight is 556 g/mol. The van der Waals surface area contributed by atoms with E-state index >= 15 is 0 Å². The number of nitrogens with zero attached hydrogens (tertiary/aromatic N) is 1. The van der Waals surface area contributed by atoms with Gasteiger partial charge in [0.1, 0.15) is 24.6 Å². The molecule has 0 bridgehead atoms. The minimum Gasteiger partial charge on any atom is -0.491 e. The lowest BCUT2D eigenvalue weighted by Gasteiger charge is -2.24. The van der Waals surface area contributed by atoms with Crippen molar-refractivity contribution in [3.05, 3.63) is 102 Å². The SMILES string of the molecule is CCCCCCCCCCCCCCOC(COc1ccc(C#N)cc1)COC(c1ccccc1)c1ccccc1. The number of hydrogen-bond acceptors (Lipinski definition) is 4. The van der Waals surface area contributed by atoms with Crippen LogP contribution in [0.15, 0.2) is 84.9 Å². The lowest BCUT2D eigenvalue weighted by Crippen LogP contribution is -2.29. The summed E-state index contributed by atoms with van der Waals surface area (Å²) in [4.78, 5) is 0. The lowest BCUT2D eigenvalue weighted by atomic mass is 10.0. The summed E-state index contributed by atoms with van der Waals surface area (Å²) < 4.78 is 18.9. The predicted octanol–water partition coefficient (Wildman–Crippen LogP) is 9.83. The highest BCUT2D eigenvalue weighted by atomic mass is 16.6. The van der Waals surface area contributed by atoms with Crippen molar-refractivity contribution in [2.75, 3.05) is 19.8 Å². The maximum Gasteiger partial charge on any atom is 0.119 e. The number of unbranched alkanes of at least 4 members (excludes halogenated alkanes) is 11. The molecule has 0 aliphatic rings. The van der Waals surface area contributed by atoms with Crippen molar-refractivity contribution in [1.29, 1.82) is 5.26 Å². The first kappa shape index (κ1) is 32.4. The number of hydrogen-bond donors (Lipinski definition) is 0. The molecule has 3 rings (SSSR count). The molecule has 0 saturated carbocycles. The van der Waals surface area contributed by atoms with Crippen molar-refractivity contribution in [3.8, 4) is 11.8 Å². The zero-order valence-electron chi connectivity index (χ0n) is 25.0. The van der Waals surface area contributed by atoms with Gasteiger partial charge in [0, 0.05) is 6.61 Å². The van der Waals surface area contributed by atoms with Gasteiger partial charge in [0.15, 0.2) is 0 Å². The highest BCUT2D eigenvalue weighted by Gasteiger charge is 2.19. The van der Waals surface area contributed by atoms with Crippen molar-refractivity contribution < 1.29 is 14.2 Å². The maximum absolute atomic E-state index is 9.08. The molecule has 0 aliphatic heterocycles. The Morgan fingerprint density at radius 3 is 1.61 bits per heavy atom. The third-order valence-corrected chi connectivity index (χ3v) is 7.42. The van der Waals surface area contributed by atoms with Crippen LogP contribution in [0.1, 0.15) is 107 Å². The number of nitriles is 1. The quantitative estimate of drug-likeness (QED) is 0.116. The van der Waals surface area contributed by atoms with Crippen LogP contribution in [0.5, 0.6) is 5.75 Å². The minimum atomic E-state index is -0.201. The van der Waals surface area contributed by atoms with Crippen molar-refractivity contribution in [2.24, 2.45) is 0 Å². The van der Waals surface area contributed by atoms with Crippen LogP contribution >= 0.6 is 0 Å². The van der Waals surface area contributed by atoms with Crippen LogP contribution in [-0.2, 0) is 9.47 Å². The van der Waals surface area contributed by atoms with Crippen LogP contribution in [0, 0.1) is 11.3 Å². The fraction of sp³-hybridized carbons (Fsp3) is 0.486. The molecule has 0 radical (unpaired) electrons. The molecule has 0 spiro atoms. The average Bonchev–Trinajstić information content (AvgIpc) is 3.03. The molecule has 0 saturated heterocycles. The molecule has 3 aromatic rings. The van der Waals surface area contributed by atoms with E-state index in [1.165, 1.54) is 70.6 Å². The zero-order valence-corrected chi connectivity index (χ0v) is 25.0. The molecule has 4 nitrogen and oxygen atoms in total. The molecule has 3 aromatic carbocycles. The summed E-state index contributed by atoms with van der Waals surface area (Å²) in [7, 11) is 0. The van der Waals surface area contributed by atoms with Crippen LogP contribution in [-0.4, -0.2) is 25.9 Å². The van der Waals surface area contributed by atoms with Gasteiger partial charge in [-0.3, -0.25) is 0 Å². The molecule has 0 heterocycles. The first-order chi connectivity index (χ1) is 20.3. The Hall–Kier alpha value is -3.13. The van der Waals surface area contributed by atoms with E-state index in [1.807, 2.05) is 48.5 Å². The molecule has 1 atom stereocenters. The van der Waals surface area contributed by atoms with Gasteiger partial charge < -0.3 is 14.2 Å². The molecule has 0 aliphatic carbocycles. The number of ether oxygens (including phenoxy) is 3. The monoisotopic (exact) mass is 555 g/mol. The van der Waals surface area contributed by atoms with E-state index < -0.39 is 0 Å². The largest absolute Gasteiger partial charge is 0.491 e. The standard InChI is InChI=1S/C37H49NO3/c1-2-3-4-5-6-7-8-9-10-11-12-19-28-39-36(30-40-35-26-24-32(29-38)25-27-35)31-41-37(33-20-15-13-16-21-33)34-22-17-14-18-23-34/h13-18,20-27,36-37H,2-12,19,28,30-31H2,1H3. The van der Waals surface area contributed by atoms with Gasteiger partial charge in [-0.1, -0.05) is 138 Å². The van der Waals surface area contributed by atoms with Crippen molar-refractivity contribution in [1.82, 2.24) is 0 Å². The first-order valence-electron chi connectivity index (χ1n) is 15.8. The van der Waals surface area contributed by atoms with Crippen LogP contribution in [0.25, 0.3) is 0 Å². The Morgan fingerprint density at radius 1 is 0.585 bits per heavy atom. The summed E-state index contributed by atoms with van der Waals surface area (Å²) >= 11 is 0. The first-order valence-corrected chi connectivity index (χ1v) is 15.8. The molecule has 0 N–H and O–H groups in total. The van der Waals surface area contributed by atoms with E-state index in [1.54, 1.807) is 12.1 Å². The summed E-state index contributed by atoms with van der Waals surface area (Å²) in [6, 6.07) is 30.0. The molecule has 41 heavy (non-hydrogen) atoms. The second-order valence-electron chi connectivity index (χ2n) is 10.9. The molecule has 0 fully saturated rings. The van der Waals surface area contributed by atoms with E-state index in [2.05, 4.69) is 37.3 Å². The van der Waals surface area contributed by atoms with Gasteiger partial charge in [0.05, 0.1) is 18.2 Å². The molecule has 0 aromatic heterocycles. The fourth-order valence-corrected chi connectivity index (χ4v) is 5.00. The second-order valence-corrected chi connectivity index (χ2v) is 10.9. The van der Waals surface area contributed by atoms with Gasteiger partial charge in [0.25, 0.3) is 0 Å². The third kappa shape index (κ3) is 13.4. The summed E-state index contributed by atoms with van der Waals surface area (Å²) in [5, 5.41) is 9.08. The predicted molar refractivity (Wildman–Crippen MR) is 168 cm³/mol. The Balaban J connectivity index is 1.45. The van der Waals surface area contributed by atoms with Crippen molar-refractivity contribution in [3.63, 3.8) is 0 Å². The van der Waals surface area contributed by atoms with Crippen molar-refractivity contribution >= 4 is 0 Å². The van der Waals surface area contributed by atoms with E-state index in [9.17, 15) is 0 Å². The van der Waals surface area contributed by atoms with Crippen LogP contribution in [0.3, 0.4) is 0 Å².